The average molecular weight is 342 g/mol. The lowest BCUT2D eigenvalue weighted by atomic mass is 9.91. The van der Waals surface area contributed by atoms with Crippen LogP contribution in [0.4, 0.5) is 0 Å². The number of carbonyl (C=O) groups is 1. The molecule has 5 heteroatoms. The van der Waals surface area contributed by atoms with Crippen LogP contribution in [0.25, 0.3) is 0 Å². The Bertz CT molecular complexity index is 577. The van der Waals surface area contributed by atoms with Crippen LogP contribution in [0.3, 0.4) is 0 Å². The second-order valence-electron chi connectivity index (χ2n) is 8.10. The second kappa shape index (κ2) is 7.42. The number of amides is 1. The minimum atomic E-state index is 0.291. The summed E-state index contributed by atoms with van der Waals surface area (Å²) in [5, 5.41) is 6.76. The van der Waals surface area contributed by atoms with E-state index in [4.69, 9.17) is 0 Å². The molecule has 1 aromatic heterocycles. The number of carbonyl (C=O) groups excluding carboxylic acids is 1. The zero-order chi connectivity index (χ0) is 17.1. The van der Waals surface area contributed by atoms with Crippen LogP contribution in [0, 0.1) is 11.3 Å². The first-order chi connectivity index (χ1) is 12.3. The highest BCUT2D eigenvalue weighted by Gasteiger charge is 2.57. The van der Waals surface area contributed by atoms with Gasteiger partial charge in [0.25, 0.3) is 0 Å². The normalized spacial score (nSPS) is 26.5. The lowest BCUT2D eigenvalue weighted by molar-refractivity contribution is -0.124. The van der Waals surface area contributed by atoms with Crippen LogP contribution in [-0.2, 0) is 11.2 Å². The van der Waals surface area contributed by atoms with Crippen molar-refractivity contribution in [3.05, 3.63) is 30.1 Å². The average Bonchev–Trinajstić information content (AvgIpc) is 3.35. The number of nitrogens with one attached hydrogen (secondary N) is 2. The monoisotopic (exact) mass is 342 g/mol. The molecular weight excluding hydrogens is 312 g/mol. The molecule has 2 saturated heterocycles. The molecule has 1 spiro atoms. The van der Waals surface area contributed by atoms with Gasteiger partial charge in [0.15, 0.2) is 0 Å². The Morgan fingerprint density at radius 3 is 2.68 bits per heavy atom. The maximum absolute atomic E-state index is 12.6. The van der Waals surface area contributed by atoms with Crippen molar-refractivity contribution in [1.82, 2.24) is 20.5 Å². The van der Waals surface area contributed by atoms with Gasteiger partial charge in [-0.1, -0.05) is 0 Å². The molecule has 2 aliphatic heterocycles. The molecule has 1 amide bonds. The van der Waals surface area contributed by atoms with E-state index in [-0.39, 0.29) is 0 Å². The summed E-state index contributed by atoms with van der Waals surface area (Å²) in [5.41, 5.74) is 1.70. The van der Waals surface area contributed by atoms with Gasteiger partial charge in [-0.2, -0.15) is 0 Å². The SMILES string of the molecule is O=C(NC1CCN(CCc2ccncc2)CC1)C1CC12CCNCC2. The molecule has 0 bridgehead atoms. The Hall–Kier alpha value is -1.46. The van der Waals surface area contributed by atoms with Gasteiger partial charge in [0.2, 0.25) is 5.91 Å². The van der Waals surface area contributed by atoms with E-state index in [9.17, 15) is 4.79 Å². The van der Waals surface area contributed by atoms with Gasteiger partial charge in [-0.25, -0.2) is 0 Å². The van der Waals surface area contributed by atoms with E-state index in [1.54, 1.807) is 0 Å². The summed E-state index contributed by atoms with van der Waals surface area (Å²) < 4.78 is 0. The third-order valence-electron chi connectivity index (χ3n) is 6.51. The van der Waals surface area contributed by atoms with Crippen molar-refractivity contribution in [1.29, 1.82) is 0 Å². The van der Waals surface area contributed by atoms with Crippen molar-refractivity contribution in [3.63, 3.8) is 0 Å². The largest absolute Gasteiger partial charge is 0.353 e. The molecule has 25 heavy (non-hydrogen) atoms. The quantitative estimate of drug-likeness (QED) is 0.853. The van der Waals surface area contributed by atoms with Crippen LogP contribution in [-0.4, -0.2) is 54.6 Å². The first kappa shape index (κ1) is 17.0. The van der Waals surface area contributed by atoms with Crippen LogP contribution >= 0.6 is 0 Å². The fourth-order valence-corrected chi connectivity index (χ4v) is 4.63. The summed E-state index contributed by atoms with van der Waals surface area (Å²) in [4.78, 5) is 19.2. The highest BCUT2D eigenvalue weighted by atomic mass is 16.2. The zero-order valence-corrected chi connectivity index (χ0v) is 15.0. The van der Waals surface area contributed by atoms with Crippen molar-refractivity contribution >= 4 is 5.91 Å². The maximum atomic E-state index is 12.6. The molecule has 1 aromatic rings. The van der Waals surface area contributed by atoms with E-state index in [1.807, 2.05) is 12.4 Å². The van der Waals surface area contributed by atoms with E-state index in [1.165, 1.54) is 18.4 Å². The van der Waals surface area contributed by atoms with E-state index in [0.29, 0.717) is 23.3 Å². The van der Waals surface area contributed by atoms with Gasteiger partial charge in [0, 0.05) is 44.0 Å². The molecule has 5 nitrogen and oxygen atoms in total. The number of nitrogens with zero attached hydrogens (tertiary/aromatic N) is 2. The molecular formula is C20H30N4O. The molecule has 3 fully saturated rings. The highest BCUT2D eigenvalue weighted by Crippen LogP contribution is 2.58. The first-order valence-electron chi connectivity index (χ1n) is 9.88. The summed E-state index contributed by atoms with van der Waals surface area (Å²) in [5.74, 6) is 0.622. The maximum Gasteiger partial charge on any atom is 0.223 e. The van der Waals surface area contributed by atoms with Crippen molar-refractivity contribution in [3.8, 4) is 0 Å². The van der Waals surface area contributed by atoms with Crippen molar-refractivity contribution in [2.45, 2.75) is 44.6 Å². The summed E-state index contributed by atoms with van der Waals surface area (Å²) in [6.07, 6.45) is 10.5. The van der Waals surface area contributed by atoms with Crippen molar-refractivity contribution in [2.24, 2.45) is 11.3 Å². The van der Waals surface area contributed by atoms with E-state index < -0.39 is 0 Å². The number of rotatable bonds is 5. The van der Waals surface area contributed by atoms with Crippen LogP contribution in [0.5, 0.6) is 0 Å². The first-order valence-corrected chi connectivity index (χ1v) is 9.88. The Balaban J connectivity index is 1.17. The second-order valence-corrected chi connectivity index (χ2v) is 8.10. The molecule has 0 aromatic carbocycles. The topological polar surface area (TPSA) is 57.3 Å². The van der Waals surface area contributed by atoms with E-state index in [2.05, 4.69) is 32.7 Å². The number of pyridine rings is 1. The predicted molar refractivity (Wildman–Crippen MR) is 98.2 cm³/mol. The van der Waals surface area contributed by atoms with E-state index >= 15 is 0 Å². The lowest BCUT2D eigenvalue weighted by Gasteiger charge is -2.32. The number of hydrogen-bond acceptors (Lipinski definition) is 4. The molecule has 4 rings (SSSR count). The standard InChI is InChI=1S/C20H30N4O/c25-19(18-15-20(18)6-10-22-11-7-20)23-17-4-13-24(14-5-17)12-3-16-1-8-21-9-2-16/h1-2,8-9,17-18,22H,3-7,10-15H2,(H,23,25). The van der Waals surface area contributed by atoms with Crippen LogP contribution in [0.15, 0.2) is 24.5 Å². The minimum absolute atomic E-state index is 0.291. The lowest BCUT2D eigenvalue weighted by Crippen LogP contribution is -2.46. The molecule has 1 aliphatic carbocycles. The molecule has 1 unspecified atom stereocenters. The van der Waals surface area contributed by atoms with Gasteiger partial charge in [-0.3, -0.25) is 9.78 Å². The Kier molecular flexibility index (Phi) is 5.04. The molecule has 1 atom stereocenters. The van der Waals surface area contributed by atoms with Crippen molar-refractivity contribution in [2.75, 3.05) is 32.7 Å². The minimum Gasteiger partial charge on any atom is -0.353 e. The predicted octanol–water partition coefficient (Wildman–Crippen LogP) is 1.59. The number of likely N-dealkylation sites (tertiary alicyclic amines) is 1. The molecule has 136 valence electrons. The molecule has 3 aliphatic rings. The highest BCUT2D eigenvalue weighted by molar-refractivity contribution is 5.82. The third kappa shape index (κ3) is 4.04. The van der Waals surface area contributed by atoms with Gasteiger partial charge < -0.3 is 15.5 Å². The molecule has 2 N–H and O–H groups in total. The molecule has 1 saturated carbocycles. The van der Waals surface area contributed by atoms with Gasteiger partial charge in [-0.15, -0.1) is 0 Å². The number of piperidine rings is 2. The van der Waals surface area contributed by atoms with Gasteiger partial charge in [0.1, 0.15) is 0 Å². The fraction of sp³-hybridized carbons (Fsp3) is 0.700. The summed E-state index contributed by atoms with van der Waals surface area (Å²) in [6, 6.07) is 4.57. The Morgan fingerprint density at radius 2 is 1.96 bits per heavy atom. The van der Waals surface area contributed by atoms with E-state index in [0.717, 1.165) is 58.4 Å². The molecule has 0 radical (unpaired) electrons. The summed E-state index contributed by atoms with van der Waals surface area (Å²) >= 11 is 0. The summed E-state index contributed by atoms with van der Waals surface area (Å²) in [7, 11) is 0. The Labute approximate surface area is 150 Å². The number of aromatic nitrogens is 1. The summed E-state index contributed by atoms with van der Waals surface area (Å²) in [6.45, 7) is 5.45. The van der Waals surface area contributed by atoms with Gasteiger partial charge in [0.05, 0.1) is 0 Å². The third-order valence-corrected chi connectivity index (χ3v) is 6.51. The zero-order valence-electron chi connectivity index (χ0n) is 15.0. The smallest absolute Gasteiger partial charge is 0.223 e. The van der Waals surface area contributed by atoms with Crippen LogP contribution in [0.1, 0.15) is 37.7 Å². The van der Waals surface area contributed by atoms with Gasteiger partial charge in [-0.05, 0) is 74.7 Å². The Morgan fingerprint density at radius 1 is 1.24 bits per heavy atom. The number of hydrogen-bond donors (Lipinski definition) is 2. The fourth-order valence-electron chi connectivity index (χ4n) is 4.63. The van der Waals surface area contributed by atoms with Gasteiger partial charge >= 0.3 is 0 Å². The van der Waals surface area contributed by atoms with Crippen molar-refractivity contribution < 1.29 is 4.79 Å². The van der Waals surface area contributed by atoms with Crippen LogP contribution in [0.2, 0.25) is 0 Å². The molecule has 3 heterocycles. The van der Waals surface area contributed by atoms with Crippen LogP contribution < -0.4 is 10.6 Å².